The van der Waals surface area contributed by atoms with Crippen LogP contribution in [-0.2, 0) is 4.79 Å². The van der Waals surface area contributed by atoms with E-state index in [4.69, 9.17) is 4.74 Å². The summed E-state index contributed by atoms with van der Waals surface area (Å²) in [7, 11) is 2.09. The van der Waals surface area contributed by atoms with Crippen LogP contribution in [0.15, 0.2) is 54.7 Å². The smallest absolute Gasteiger partial charge is 0.272 e. The molecule has 0 atom stereocenters. The fraction of sp³-hybridized carbons (Fsp3) is 0.480. The predicted molar refractivity (Wildman–Crippen MR) is 122 cm³/mol. The number of para-hydroxylation sites is 1. The van der Waals surface area contributed by atoms with Crippen molar-refractivity contribution in [3.8, 4) is 5.75 Å². The second-order valence-corrected chi connectivity index (χ2v) is 8.97. The molecule has 1 aromatic heterocycles. The number of pyridine rings is 1. The van der Waals surface area contributed by atoms with Crippen LogP contribution in [0.2, 0.25) is 0 Å². The summed E-state index contributed by atoms with van der Waals surface area (Å²) in [5.41, 5.74) is 0.186. The van der Waals surface area contributed by atoms with Crippen molar-refractivity contribution in [2.45, 2.75) is 19.3 Å². The molecular formula is C25H32N4O3. The molecule has 3 heterocycles. The number of ether oxygens (including phenoxy) is 1. The summed E-state index contributed by atoms with van der Waals surface area (Å²) in [6.07, 6.45) is 3.56. The van der Waals surface area contributed by atoms with E-state index >= 15 is 0 Å². The van der Waals surface area contributed by atoms with Crippen LogP contribution in [0.1, 0.15) is 29.8 Å². The number of likely N-dealkylation sites (tertiary alicyclic amines) is 1. The zero-order valence-corrected chi connectivity index (χ0v) is 18.8. The zero-order valence-electron chi connectivity index (χ0n) is 18.8. The van der Waals surface area contributed by atoms with Gasteiger partial charge in [0.25, 0.3) is 5.91 Å². The number of benzene rings is 1. The van der Waals surface area contributed by atoms with E-state index in [0.717, 1.165) is 44.8 Å². The Hall–Kier alpha value is -2.93. The summed E-state index contributed by atoms with van der Waals surface area (Å²) in [6, 6.07) is 15.1. The van der Waals surface area contributed by atoms with Crippen LogP contribution in [0.3, 0.4) is 0 Å². The minimum absolute atomic E-state index is 0.0476. The number of aromatic nitrogens is 1. The number of carbonyl (C=O) groups is 2. The maximum atomic E-state index is 13.2. The summed E-state index contributed by atoms with van der Waals surface area (Å²) < 4.78 is 6.14. The number of likely N-dealkylation sites (N-methyl/N-ethyl adjacent to an activating group) is 1. The normalized spacial score (nSPS) is 18.9. The van der Waals surface area contributed by atoms with E-state index in [1.165, 1.54) is 0 Å². The number of carbonyl (C=O) groups excluding carboxylic acids is 2. The van der Waals surface area contributed by atoms with Crippen LogP contribution in [0, 0.1) is 5.41 Å². The number of hydrogen-bond acceptors (Lipinski definition) is 5. The molecule has 2 amide bonds. The standard InChI is InChI=1S/C25H32N4O3/c1-27-15-17-28(18-16-27)23(30)19-25(20-32-21-7-3-2-4-8-21)10-13-29(14-11-25)24(31)22-9-5-6-12-26-22/h2-9,12H,10-11,13-20H2,1H3. The van der Waals surface area contributed by atoms with Gasteiger partial charge in [-0.25, -0.2) is 0 Å². The third kappa shape index (κ3) is 5.46. The molecule has 32 heavy (non-hydrogen) atoms. The maximum absolute atomic E-state index is 13.2. The topological polar surface area (TPSA) is 66.0 Å². The van der Waals surface area contributed by atoms with E-state index in [1.54, 1.807) is 12.3 Å². The second-order valence-electron chi connectivity index (χ2n) is 8.97. The largest absolute Gasteiger partial charge is 0.493 e. The van der Waals surface area contributed by atoms with Crippen LogP contribution in [0.5, 0.6) is 5.75 Å². The first-order valence-corrected chi connectivity index (χ1v) is 11.4. The van der Waals surface area contributed by atoms with Crippen molar-refractivity contribution in [3.05, 3.63) is 60.4 Å². The molecule has 2 aliphatic rings. The van der Waals surface area contributed by atoms with E-state index in [9.17, 15) is 9.59 Å². The van der Waals surface area contributed by atoms with Gasteiger partial charge in [0.15, 0.2) is 0 Å². The monoisotopic (exact) mass is 436 g/mol. The Labute approximate surface area is 190 Å². The van der Waals surface area contributed by atoms with Crippen molar-refractivity contribution in [1.82, 2.24) is 19.7 Å². The summed E-state index contributed by atoms with van der Waals surface area (Å²) in [5, 5.41) is 0. The first-order valence-electron chi connectivity index (χ1n) is 11.4. The van der Waals surface area contributed by atoms with Gasteiger partial charge in [0.1, 0.15) is 11.4 Å². The van der Waals surface area contributed by atoms with E-state index in [2.05, 4.69) is 16.9 Å². The van der Waals surface area contributed by atoms with E-state index < -0.39 is 0 Å². The Morgan fingerprint density at radius 3 is 2.25 bits per heavy atom. The quantitative estimate of drug-likeness (QED) is 0.696. The predicted octanol–water partition coefficient (Wildman–Crippen LogP) is 2.55. The van der Waals surface area contributed by atoms with Crippen LogP contribution < -0.4 is 4.74 Å². The molecule has 7 heteroatoms. The Morgan fingerprint density at radius 2 is 1.59 bits per heavy atom. The molecule has 170 valence electrons. The van der Waals surface area contributed by atoms with Gasteiger partial charge in [-0.1, -0.05) is 24.3 Å². The first kappa shape index (κ1) is 22.3. The minimum atomic E-state index is -0.281. The zero-order chi connectivity index (χ0) is 22.4. The Morgan fingerprint density at radius 1 is 0.906 bits per heavy atom. The molecule has 2 aromatic rings. The lowest BCUT2D eigenvalue weighted by molar-refractivity contribution is -0.136. The van der Waals surface area contributed by atoms with Crippen molar-refractivity contribution < 1.29 is 14.3 Å². The van der Waals surface area contributed by atoms with Crippen molar-refractivity contribution in [3.63, 3.8) is 0 Å². The number of hydrogen-bond donors (Lipinski definition) is 0. The van der Waals surface area contributed by atoms with Crippen LogP contribution in [-0.4, -0.2) is 84.4 Å². The van der Waals surface area contributed by atoms with Gasteiger partial charge in [0.2, 0.25) is 5.91 Å². The van der Waals surface area contributed by atoms with Gasteiger partial charge >= 0.3 is 0 Å². The molecule has 0 spiro atoms. The highest BCUT2D eigenvalue weighted by Crippen LogP contribution is 2.37. The molecule has 7 nitrogen and oxygen atoms in total. The molecule has 2 saturated heterocycles. The van der Waals surface area contributed by atoms with Crippen molar-refractivity contribution >= 4 is 11.8 Å². The molecule has 0 aliphatic carbocycles. The van der Waals surface area contributed by atoms with Crippen molar-refractivity contribution in [2.24, 2.45) is 5.41 Å². The third-order valence-corrected chi connectivity index (χ3v) is 6.67. The molecular weight excluding hydrogens is 404 g/mol. The van der Waals surface area contributed by atoms with E-state index in [0.29, 0.717) is 31.8 Å². The Balaban J connectivity index is 1.43. The highest BCUT2D eigenvalue weighted by atomic mass is 16.5. The number of rotatable bonds is 6. The molecule has 2 fully saturated rings. The van der Waals surface area contributed by atoms with Gasteiger partial charge in [0.05, 0.1) is 6.61 Å². The van der Waals surface area contributed by atoms with Crippen molar-refractivity contribution in [1.29, 1.82) is 0 Å². The van der Waals surface area contributed by atoms with Crippen LogP contribution in [0.4, 0.5) is 0 Å². The molecule has 2 aliphatic heterocycles. The molecule has 0 bridgehead atoms. The lowest BCUT2D eigenvalue weighted by Crippen LogP contribution is -2.51. The van der Waals surface area contributed by atoms with Crippen molar-refractivity contribution in [2.75, 3.05) is 52.9 Å². The van der Waals surface area contributed by atoms with Crippen LogP contribution >= 0.6 is 0 Å². The molecule has 0 N–H and O–H groups in total. The van der Waals surface area contributed by atoms with E-state index in [1.807, 2.05) is 52.3 Å². The molecule has 0 saturated carbocycles. The van der Waals surface area contributed by atoms with Gasteiger partial charge in [-0.05, 0) is 44.2 Å². The fourth-order valence-corrected chi connectivity index (χ4v) is 4.45. The summed E-state index contributed by atoms with van der Waals surface area (Å²) in [6.45, 7) is 5.04. The molecule has 1 aromatic carbocycles. The second kappa shape index (κ2) is 10.1. The SMILES string of the molecule is CN1CCN(C(=O)CC2(COc3ccccc3)CCN(C(=O)c3ccccn3)CC2)CC1. The first-order chi connectivity index (χ1) is 15.5. The molecule has 4 rings (SSSR count). The van der Waals surface area contributed by atoms with Crippen LogP contribution in [0.25, 0.3) is 0 Å². The van der Waals surface area contributed by atoms with E-state index in [-0.39, 0.29) is 17.2 Å². The van der Waals surface area contributed by atoms with Gasteiger partial charge in [-0.3, -0.25) is 14.6 Å². The minimum Gasteiger partial charge on any atom is -0.493 e. The number of piperidine rings is 1. The molecule has 0 unspecified atom stereocenters. The summed E-state index contributed by atoms with van der Waals surface area (Å²) in [4.78, 5) is 36.3. The molecule has 0 radical (unpaired) electrons. The highest BCUT2D eigenvalue weighted by molar-refractivity contribution is 5.92. The van der Waals surface area contributed by atoms with Gasteiger partial charge in [0, 0.05) is 57.3 Å². The van der Waals surface area contributed by atoms with Gasteiger partial charge < -0.3 is 19.4 Å². The fourth-order valence-electron chi connectivity index (χ4n) is 4.45. The average molecular weight is 437 g/mol. The van der Waals surface area contributed by atoms with Gasteiger partial charge in [-0.15, -0.1) is 0 Å². The average Bonchev–Trinajstić information content (AvgIpc) is 2.84. The Kier molecular flexibility index (Phi) is 7.05. The lowest BCUT2D eigenvalue weighted by Gasteiger charge is -2.42. The number of piperazine rings is 1. The maximum Gasteiger partial charge on any atom is 0.272 e. The number of nitrogens with zero attached hydrogens (tertiary/aromatic N) is 4. The highest BCUT2D eigenvalue weighted by Gasteiger charge is 2.40. The summed E-state index contributed by atoms with van der Waals surface area (Å²) >= 11 is 0. The Bertz CT molecular complexity index is 890. The lowest BCUT2D eigenvalue weighted by atomic mass is 9.75. The number of amides is 2. The van der Waals surface area contributed by atoms with Gasteiger partial charge in [-0.2, -0.15) is 0 Å². The summed E-state index contributed by atoms with van der Waals surface area (Å²) in [5.74, 6) is 0.957. The third-order valence-electron chi connectivity index (χ3n) is 6.67.